The Morgan fingerprint density at radius 3 is 2.30 bits per heavy atom. The number of phenols is 2. The molecule has 0 radical (unpaired) electrons. The molecule has 2 aliphatic carbocycles. The zero-order valence-corrected chi connectivity index (χ0v) is 29.2. The van der Waals surface area contributed by atoms with Crippen molar-refractivity contribution in [3.8, 4) is 17.2 Å². The van der Waals surface area contributed by atoms with E-state index in [0.29, 0.717) is 21.7 Å². The molecule has 6 unspecified atom stereocenters. The minimum atomic E-state index is -1.67. The average molecular weight is 752 g/mol. The second kappa shape index (κ2) is 12.7. The van der Waals surface area contributed by atoms with E-state index < -0.39 is 81.7 Å². The number of carboxylic acid groups (broad SMARTS) is 1. The molecule has 0 bridgehead atoms. The Bertz CT molecular complexity index is 2310. The van der Waals surface area contributed by atoms with Gasteiger partial charge in [-0.15, -0.1) is 0 Å². The predicted molar refractivity (Wildman–Crippen MR) is 191 cm³/mol. The normalized spacial score (nSPS) is 25.9. The number of nitrogens with zero attached hydrogens (tertiary/aromatic N) is 2. The molecule has 2 saturated heterocycles. The second-order valence-electron chi connectivity index (χ2n) is 13.8. The molecular weight excluding hydrogens is 721 g/mol. The molecule has 4 aliphatic rings. The molecule has 2 aliphatic heterocycles. The summed E-state index contributed by atoms with van der Waals surface area (Å²) in [6.45, 7) is 0. The Balaban J connectivity index is 1.32. The van der Waals surface area contributed by atoms with Gasteiger partial charge in [0, 0.05) is 28.6 Å². The number of hydrogen-bond acceptors (Lipinski definition) is 9. The third-order valence-corrected chi connectivity index (χ3v) is 11.5. The molecule has 12 nitrogen and oxygen atoms in total. The average Bonchev–Trinajstić information content (AvgIpc) is 3.53. The van der Waals surface area contributed by atoms with Crippen molar-refractivity contribution in [2.24, 2.45) is 23.7 Å². The minimum absolute atomic E-state index is 0.00619. The van der Waals surface area contributed by atoms with E-state index in [0.717, 1.165) is 22.0 Å². The van der Waals surface area contributed by atoms with Gasteiger partial charge in [-0.25, -0.2) is 14.1 Å². The van der Waals surface area contributed by atoms with E-state index in [-0.39, 0.29) is 35.7 Å². The van der Waals surface area contributed by atoms with Gasteiger partial charge in [-0.05, 0) is 78.9 Å². The number of carbonyl (C=O) groups excluding carboxylic acids is 4. The monoisotopic (exact) mass is 751 g/mol. The first-order valence-corrected chi connectivity index (χ1v) is 17.4. The number of aromatic carboxylic acids is 1. The van der Waals surface area contributed by atoms with E-state index in [2.05, 4.69) is 5.43 Å². The first-order chi connectivity index (χ1) is 25.9. The van der Waals surface area contributed by atoms with Crippen LogP contribution in [0.3, 0.4) is 0 Å². The van der Waals surface area contributed by atoms with Gasteiger partial charge in [-0.3, -0.25) is 24.6 Å². The predicted octanol–water partition coefficient (Wildman–Crippen LogP) is 5.79. The number of allylic oxidation sites excluding steroid dienone is 2. The highest BCUT2D eigenvalue weighted by atomic mass is 35.5. The van der Waals surface area contributed by atoms with Crippen LogP contribution >= 0.6 is 11.6 Å². The lowest BCUT2D eigenvalue weighted by atomic mass is 9.49. The maximum absolute atomic E-state index is 15.3. The van der Waals surface area contributed by atoms with Gasteiger partial charge >= 0.3 is 5.97 Å². The third-order valence-electron chi connectivity index (χ3n) is 11.3. The largest absolute Gasteiger partial charge is 0.508 e. The number of hydrogen-bond donors (Lipinski definition) is 4. The van der Waals surface area contributed by atoms with Gasteiger partial charge in [0.05, 0.1) is 41.7 Å². The number of benzene rings is 4. The number of fused-ring (bicyclic) bond motifs is 4. The number of rotatable bonds is 7. The summed E-state index contributed by atoms with van der Waals surface area (Å²) < 4.78 is 19.7. The summed E-state index contributed by atoms with van der Waals surface area (Å²) in [7, 11) is 1.41. The Morgan fingerprint density at radius 2 is 1.63 bits per heavy atom. The van der Waals surface area contributed by atoms with Gasteiger partial charge in [-0.2, -0.15) is 5.01 Å². The van der Waals surface area contributed by atoms with E-state index in [4.69, 9.17) is 16.3 Å². The van der Waals surface area contributed by atoms with Crippen LogP contribution in [0.5, 0.6) is 17.2 Å². The molecule has 4 aromatic rings. The number of anilines is 2. The van der Waals surface area contributed by atoms with Gasteiger partial charge in [-0.1, -0.05) is 41.4 Å². The van der Waals surface area contributed by atoms with Crippen LogP contribution in [0.4, 0.5) is 15.8 Å². The Morgan fingerprint density at radius 1 is 0.907 bits per heavy atom. The smallest absolute Gasteiger partial charge is 0.339 e. The van der Waals surface area contributed by atoms with Gasteiger partial charge in [0.1, 0.15) is 28.6 Å². The number of nitrogens with one attached hydrogen (secondary N) is 1. The molecule has 274 valence electrons. The van der Waals surface area contributed by atoms with Gasteiger partial charge < -0.3 is 20.1 Å². The minimum Gasteiger partial charge on any atom is -0.508 e. The molecule has 0 spiro atoms. The molecule has 1 saturated carbocycles. The maximum atomic E-state index is 15.3. The summed E-state index contributed by atoms with van der Waals surface area (Å²) in [6, 6.07) is 19.6. The fourth-order valence-corrected chi connectivity index (χ4v) is 9.16. The number of phenolic OH excluding ortho intramolecular Hbond substituents is 1. The van der Waals surface area contributed by atoms with Crippen molar-refractivity contribution in [1.82, 2.24) is 5.01 Å². The first-order valence-electron chi connectivity index (χ1n) is 17.0. The molecular formula is C40H31ClFN3O9. The van der Waals surface area contributed by atoms with Gasteiger partial charge in [0.25, 0.3) is 11.8 Å². The van der Waals surface area contributed by atoms with Gasteiger partial charge in [0.15, 0.2) is 0 Å². The molecule has 54 heavy (non-hydrogen) atoms. The van der Waals surface area contributed by atoms with Crippen LogP contribution in [-0.4, -0.2) is 57.0 Å². The fraction of sp³-hybridized carbons (Fsp3) is 0.225. The summed E-state index contributed by atoms with van der Waals surface area (Å²) in [5.41, 5.74) is 2.58. The SMILES string of the molecule is COc1cc(O)ccc1C1C2=CCC3C(=O)N(c4ccc(C(=O)O)c(O)c4)C(=O)C3C2CC2C(=O)N(Nc3ccc(F)cc3)C(=O)C21c1ccc(Cl)cc1. The number of halogens is 2. The van der Waals surface area contributed by atoms with Crippen molar-refractivity contribution >= 4 is 52.6 Å². The van der Waals surface area contributed by atoms with E-state index in [1.807, 2.05) is 6.08 Å². The van der Waals surface area contributed by atoms with Crippen molar-refractivity contribution in [3.63, 3.8) is 0 Å². The van der Waals surface area contributed by atoms with Crippen molar-refractivity contribution in [3.05, 3.63) is 124 Å². The topological polar surface area (TPSA) is 174 Å². The van der Waals surface area contributed by atoms with Gasteiger partial charge in [0.2, 0.25) is 11.8 Å². The lowest BCUT2D eigenvalue weighted by Crippen LogP contribution is -2.53. The molecule has 3 fully saturated rings. The molecule has 14 heteroatoms. The third kappa shape index (κ3) is 5.06. The second-order valence-corrected chi connectivity index (χ2v) is 14.3. The Labute approximate surface area is 312 Å². The van der Waals surface area contributed by atoms with Crippen LogP contribution in [0.15, 0.2) is 96.6 Å². The van der Waals surface area contributed by atoms with E-state index in [9.17, 15) is 38.9 Å². The van der Waals surface area contributed by atoms with Crippen LogP contribution in [-0.2, 0) is 24.6 Å². The number of carboxylic acids is 1. The maximum Gasteiger partial charge on any atom is 0.339 e. The molecule has 0 aromatic heterocycles. The van der Waals surface area contributed by atoms with Crippen LogP contribution in [0.2, 0.25) is 5.02 Å². The van der Waals surface area contributed by atoms with Crippen LogP contribution in [0, 0.1) is 29.5 Å². The lowest BCUT2D eigenvalue weighted by Gasteiger charge is -2.50. The number of imide groups is 2. The summed E-state index contributed by atoms with van der Waals surface area (Å²) in [5.74, 6) is -9.55. The Hall–Kier alpha value is -6.21. The highest BCUT2D eigenvalue weighted by molar-refractivity contribution is 6.30. The van der Waals surface area contributed by atoms with Crippen molar-refractivity contribution < 1.29 is 48.4 Å². The summed E-state index contributed by atoms with van der Waals surface area (Å²) in [4.78, 5) is 71.1. The molecule has 4 aromatic carbocycles. The zero-order chi connectivity index (χ0) is 38.2. The van der Waals surface area contributed by atoms with E-state index >= 15 is 4.79 Å². The number of ether oxygens (including phenoxy) is 1. The van der Waals surface area contributed by atoms with E-state index in [1.54, 1.807) is 30.3 Å². The summed E-state index contributed by atoms with van der Waals surface area (Å²) >= 11 is 6.34. The number of amides is 4. The van der Waals surface area contributed by atoms with Crippen LogP contribution in [0.25, 0.3) is 0 Å². The lowest BCUT2D eigenvalue weighted by molar-refractivity contribution is -0.138. The molecule has 4 N–H and O–H groups in total. The Kier molecular flexibility index (Phi) is 8.22. The molecule has 6 atom stereocenters. The molecule has 2 heterocycles. The standard InChI is InChI=1S/C40H31ClFN3O9/c1-54-32-17-24(46)11-13-27(32)34-25-14-15-28-33(37(50)44(35(28)48)23-10-12-26(38(51)52)31(47)16-23)29(25)18-30-36(49)45(43-22-8-6-21(42)7-9-22)39(53)40(30,34)19-2-4-20(41)5-3-19/h2-14,16-17,28-30,33-34,43,46-47H,15,18H2,1H3,(H,51,52). The highest BCUT2D eigenvalue weighted by Crippen LogP contribution is 2.65. The number of methoxy groups -OCH3 is 1. The number of aromatic hydroxyl groups is 2. The number of hydrazine groups is 1. The van der Waals surface area contributed by atoms with Crippen LogP contribution < -0.4 is 15.1 Å². The van der Waals surface area contributed by atoms with Crippen molar-refractivity contribution in [1.29, 1.82) is 0 Å². The fourth-order valence-electron chi connectivity index (χ4n) is 9.03. The van der Waals surface area contributed by atoms with Crippen LogP contribution in [0.1, 0.15) is 40.2 Å². The summed E-state index contributed by atoms with van der Waals surface area (Å²) in [5, 5.41) is 31.7. The quantitative estimate of drug-likeness (QED) is 0.134. The molecule has 4 amide bonds. The van der Waals surface area contributed by atoms with Crippen molar-refractivity contribution in [2.45, 2.75) is 24.2 Å². The first kappa shape index (κ1) is 34.9. The number of carbonyl (C=O) groups is 5. The van der Waals surface area contributed by atoms with Crippen molar-refractivity contribution in [2.75, 3.05) is 17.4 Å². The zero-order valence-electron chi connectivity index (χ0n) is 28.4. The molecule has 8 rings (SSSR count). The summed E-state index contributed by atoms with van der Waals surface area (Å²) in [6.07, 6.45) is 1.90. The van der Waals surface area contributed by atoms with E-state index in [1.165, 1.54) is 49.6 Å². The highest BCUT2D eigenvalue weighted by Gasteiger charge is 2.70.